The number of hydrogen-bond acceptors (Lipinski definition) is 3. The summed E-state index contributed by atoms with van der Waals surface area (Å²) in [7, 11) is 0. The molecule has 0 aliphatic carbocycles. The van der Waals surface area contributed by atoms with Gasteiger partial charge in [0.05, 0.1) is 4.47 Å². The SMILES string of the molecule is Clc1nc(-c2ncc[nH]2)nc(Cl)c1Br. The maximum atomic E-state index is 5.81. The molecule has 0 aromatic carbocycles. The third-order valence-corrected chi connectivity index (χ3v) is 3.24. The van der Waals surface area contributed by atoms with Crippen LogP contribution >= 0.6 is 39.1 Å². The van der Waals surface area contributed by atoms with Gasteiger partial charge in [-0.2, -0.15) is 0 Å². The van der Waals surface area contributed by atoms with Crippen molar-refractivity contribution in [3.05, 3.63) is 27.2 Å². The fraction of sp³-hybridized carbons (Fsp3) is 0. The van der Waals surface area contributed by atoms with E-state index in [1.165, 1.54) is 0 Å². The van der Waals surface area contributed by atoms with E-state index in [1.807, 2.05) is 0 Å². The molecule has 0 spiro atoms. The molecule has 0 amide bonds. The molecule has 0 unspecified atom stereocenters. The predicted molar refractivity (Wildman–Crippen MR) is 57.3 cm³/mol. The van der Waals surface area contributed by atoms with Gasteiger partial charge in [0.2, 0.25) is 0 Å². The lowest BCUT2D eigenvalue weighted by Gasteiger charge is -2.00. The number of halogens is 3. The monoisotopic (exact) mass is 292 g/mol. The van der Waals surface area contributed by atoms with Crippen molar-refractivity contribution in [3.63, 3.8) is 0 Å². The summed E-state index contributed by atoms with van der Waals surface area (Å²) in [6.07, 6.45) is 3.27. The molecule has 14 heavy (non-hydrogen) atoms. The Balaban J connectivity index is 2.57. The first-order chi connectivity index (χ1) is 6.68. The Morgan fingerprint density at radius 3 is 2.36 bits per heavy atom. The van der Waals surface area contributed by atoms with Crippen molar-refractivity contribution in [2.24, 2.45) is 0 Å². The molecule has 0 bridgehead atoms. The minimum atomic E-state index is 0.261. The molecule has 2 heterocycles. The smallest absolute Gasteiger partial charge is 0.198 e. The van der Waals surface area contributed by atoms with Gasteiger partial charge in [-0.15, -0.1) is 0 Å². The molecule has 0 atom stereocenters. The van der Waals surface area contributed by atoms with E-state index in [2.05, 4.69) is 35.9 Å². The molecule has 7 heteroatoms. The van der Waals surface area contributed by atoms with Crippen molar-refractivity contribution >= 4 is 39.1 Å². The predicted octanol–water partition coefficient (Wildman–Crippen LogP) is 2.94. The van der Waals surface area contributed by atoms with Crippen LogP contribution in [-0.4, -0.2) is 19.9 Å². The first-order valence-electron chi connectivity index (χ1n) is 3.57. The average Bonchev–Trinajstić information content (AvgIpc) is 2.66. The molecule has 0 aliphatic heterocycles. The topological polar surface area (TPSA) is 54.5 Å². The Kier molecular flexibility index (Phi) is 2.71. The van der Waals surface area contributed by atoms with Gasteiger partial charge in [-0.05, 0) is 15.9 Å². The van der Waals surface area contributed by atoms with Crippen LogP contribution in [0.15, 0.2) is 16.9 Å². The Bertz CT molecular complexity index is 434. The summed E-state index contributed by atoms with van der Waals surface area (Å²) in [6.45, 7) is 0. The number of rotatable bonds is 1. The van der Waals surface area contributed by atoms with Crippen LogP contribution in [0.3, 0.4) is 0 Å². The summed E-state index contributed by atoms with van der Waals surface area (Å²) in [4.78, 5) is 14.9. The standard InChI is InChI=1S/C7H3BrCl2N4/c8-3-4(9)13-7(14-5(3)10)6-11-1-2-12-6/h1-2H,(H,11,12). The molecular weight excluding hydrogens is 291 g/mol. The fourth-order valence-electron chi connectivity index (χ4n) is 0.888. The van der Waals surface area contributed by atoms with Crippen LogP contribution < -0.4 is 0 Å². The van der Waals surface area contributed by atoms with E-state index in [0.29, 0.717) is 16.1 Å². The van der Waals surface area contributed by atoms with E-state index in [4.69, 9.17) is 23.2 Å². The van der Waals surface area contributed by atoms with Crippen molar-refractivity contribution in [2.75, 3.05) is 0 Å². The minimum Gasteiger partial charge on any atom is -0.342 e. The second-order valence-electron chi connectivity index (χ2n) is 2.38. The Labute approximate surface area is 97.8 Å². The zero-order valence-electron chi connectivity index (χ0n) is 6.63. The molecule has 0 fully saturated rings. The normalized spacial score (nSPS) is 10.5. The zero-order chi connectivity index (χ0) is 10.1. The van der Waals surface area contributed by atoms with Gasteiger partial charge in [0.1, 0.15) is 10.3 Å². The van der Waals surface area contributed by atoms with Crippen molar-refractivity contribution in [1.29, 1.82) is 0 Å². The quantitative estimate of drug-likeness (QED) is 0.823. The van der Waals surface area contributed by atoms with Crippen molar-refractivity contribution in [2.45, 2.75) is 0 Å². The molecule has 0 aliphatic rings. The Morgan fingerprint density at radius 2 is 1.86 bits per heavy atom. The van der Waals surface area contributed by atoms with Gasteiger partial charge in [0.15, 0.2) is 11.6 Å². The van der Waals surface area contributed by atoms with Crippen LogP contribution in [0.2, 0.25) is 10.3 Å². The lowest BCUT2D eigenvalue weighted by atomic mass is 10.5. The zero-order valence-corrected chi connectivity index (χ0v) is 9.73. The molecule has 72 valence electrons. The number of aromatic nitrogens is 4. The van der Waals surface area contributed by atoms with Crippen molar-refractivity contribution < 1.29 is 0 Å². The highest BCUT2D eigenvalue weighted by Gasteiger charge is 2.11. The van der Waals surface area contributed by atoms with Gasteiger partial charge in [-0.3, -0.25) is 0 Å². The number of hydrogen-bond donors (Lipinski definition) is 1. The van der Waals surface area contributed by atoms with Crippen LogP contribution in [0, 0.1) is 0 Å². The first-order valence-corrected chi connectivity index (χ1v) is 5.11. The molecule has 0 saturated heterocycles. The van der Waals surface area contributed by atoms with Gasteiger partial charge in [0, 0.05) is 12.4 Å². The second-order valence-corrected chi connectivity index (χ2v) is 3.89. The molecule has 0 radical (unpaired) electrons. The molecule has 1 N–H and O–H groups in total. The fourth-order valence-corrected chi connectivity index (χ4v) is 1.45. The summed E-state index contributed by atoms with van der Waals surface area (Å²) >= 11 is 14.8. The highest BCUT2D eigenvalue weighted by atomic mass is 79.9. The highest BCUT2D eigenvalue weighted by molar-refractivity contribution is 9.10. The maximum absolute atomic E-state index is 5.81. The summed E-state index contributed by atoms with van der Waals surface area (Å²) in [5.74, 6) is 0.898. The van der Waals surface area contributed by atoms with Crippen LogP contribution in [0.5, 0.6) is 0 Å². The summed E-state index contributed by atoms with van der Waals surface area (Å²) in [5, 5.41) is 0.521. The van der Waals surface area contributed by atoms with Crippen molar-refractivity contribution in [3.8, 4) is 11.6 Å². The van der Waals surface area contributed by atoms with Crippen LogP contribution in [-0.2, 0) is 0 Å². The molecule has 0 saturated carbocycles. The van der Waals surface area contributed by atoms with E-state index >= 15 is 0 Å². The molecule has 4 nitrogen and oxygen atoms in total. The first kappa shape index (κ1) is 9.89. The molecular formula is C7H3BrCl2N4. The van der Waals surface area contributed by atoms with Crippen molar-refractivity contribution in [1.82, 2.24) is 19.9 Å². The minimum absolute atomic E-state index is 0.261. The van der Waals surface area contributed by atoms with E-state index in [9.17, 15) is 0 Å². The van der Waals surface area contributed by atoms with Gasteiger partial charge in [-0.1, -0.05) is 23.2 Å². The maximum Gasteiger partial charge on any atom is 0.198 e. The summed E-state index contributed by atoms with van der Waals surface area (Å²) in [6, 6.07) is 0. The second kappa shape index (κ2) is 3.84. The molecule has 2 aromatic heterocycles. The van der Waals surface area contributed by atoms with E-state index in [1.54, 1.807) is 12.4 Å². The number of nitrogens with one attached hydrogen (secondary N) is 1. The van der Waals surface area contributed by atoms with Crippen LogP contribution in [0.1, 0.15) is 0 Å². The number of imidazole rings is 1. The van der Waals surface area contributed by atoms with Crippen LogP contribution in [0.25, 0.3) is 11.6 Å². The average molecular weight is 294 g/mol. The Hall–Kier alpha value is -0.650. The highest BCUT2D eigenvalue weighted by Crippen LogP contribution is 2.28. The van der Waals surface area contributed by atoms with Gasteiger partial charge in [-0.25, -0.2) is 15.0 Å². The number of H-pyrrole nitrogens is 1. The largest absolute Gasteiger partial charge is 0.342 e. The lowest BCUT2D eigenvalue weighted by Crippen LogP contribution is -1.93. The molecule has 2 rings (SSSR count). The lowest BCUT2D eigenvalue weighted by molar-refractivity contribution is 1.11. The third kappa shape index (κ3) is 1.75. The van der Waals surface area contributed by atoms with Gasteiger partial charge in [0.25, 0.3) is 0 Å². The number of aromatic amines is 1. The van der Waals surface area contributed by atoms with Gasteiger partial charge >= 0.3 is 0 Å². The summed E-state index contributed by atoms with van der Waals surface area (Å²) < 4.78 is 0.483. The third-order valence-electron chi connectivity index (χ3n) is 1.48. The van der Waals surface area contributed by atoms with E-state index < -0.39 is 0 Å². The number of nitrogens with zero attached hydrogens (tertiary/aromatic N) is 3. The van der Waals surface area contributed by atoms with E-state index in [-0.39, 0.29) is 10.3 Å². The summed E-state index contributed by atoms with van der Waals surface area (Å²) in [5.41, 5.74) is 0. The van der Waals surface area contributed by atoms with E-state index in [0.717, 1.165) is 0 Å². The Morgan fingerprint density at radius 1 is 1.21 bits per heavy atom. The molecule has 2 aromatic rings. The van der Waals surface area contributed by atoms with Crippen LogP contribution in [0.4, 0.5) is 0 Å². The van der Waals surface area contributed by atoms with Gasteiger partial charge < -0.3 is 4.98 Å².